The van der Waals surface area contributed by atoms with Crippen LogP contribution in [0.2, 0.25) is 0 Å². The summed E-state index contributed by atoms with van der Waals surface area (Å²) in [7, 11) is 0. The molecule has 0 aliphatic heterocycles. The number of carbonyl (C=O) groups is 1. The van der Waals surface area contributed by atoms with E-state index >= 15 is 0 Å². The van der Waals surface area contributed by atoms with E-state index in [1.165, 1.54) is 6.07 Å². The Balaban J connectivity index is 0.00000289. The van der Waals surface area contributed by atoms with E-state index in [9.17, 15) is 9.18 Å². The third kappa shape index (κ3) is 5.25. The molecule has 1 atom stereocenters. The van der Waals surface area contributed by atoms with Crippen molar-refractivity contribution in [2.45, 2.75) is 19.4 Å². The molecule has 18 heavy (non-hydrogen) atoms. The molecule has 1 rings (SSSR count). The predicted molar refractivity (Wildman–Crippen MR) is 78.0 cm³/mol. The Morgan fingerprint density at radius 2 is 2.22 bits per heavy atom. The first kappa shape index (κ1) is 17.2. The van der Waals surface area contributed by atoms with E-state index in [2.05, 4.69) is 5.32 Å². The van der Waals surface area contributed by atoms with Gasteiger partial charge in [0, 0.05) is 5.69 Å². The Labute approximate surface area is 117 Å². The number of hydrogen-bond acceptors (Lipinski definition) is 3. The number of thioether (sulfide) groups is 1. The lowest BCUT2D eigenvalue weighted by Crippen LogP contribution is -2.36. The molecule has 1 aromatic rings. The van der Waals surface area contributed by atoms with E-state index in [0.717, 1.165) is 5.75 Å². The minimum atomic E-state index is -0.549. The molecule has 0 aromatic heterocycles. The highest BCUT2D eigenvalue weighted by molar-refractivity contribution is 7.98. The van der Waals surface area contributed by atoms with Crippen LogP contribution in [0.3, 0.4) is 0 Å². The lowest BCUT2D eigenvalue weighted by atomic mass is 10.2. The summed E-state index contributed by atoms with van der Waals surface area (Å²) >= 11 is 1.64. The summed E-state index contributed by atoms with van der Waals surface area (Å²) in [4.78, 5) is 11.6. The molecule has 3 N–H and O–H groups in total. The van der Waals surface area contributed by atoms with Gasteiger partial charge in [0.05, 0.1) is 6.04 Å². The van der Waals surface area contributed by atoms with Crippen LogP contribution in [0.25, 0.3) is 0 Å². The Morgan fingerprint density at radius 1 is 1.56 bits per heavy atom. The number of benzene rings is 1. The lowest BCUT2D eigenvalue weighted by Gasteiger charge is -2.11. The van der Waals surface area contributed by atoms with Gasteiger partial charge in [-0.05, 0) is 43.0 Å². The third-order valence-electron chi connectivity index (χ3n) is 2.41. The fraction of sp³-hybridized carbons (Fsp3) is 0.417. The van der Waals surface area contributed by atoms with Gasteiger partial charge in [0.15, 0.2) is 0 Å². The maximum Gasteiger partial charge on any atom is 0.241 e. The van der Waals surface area contributed by atoms with Gasteiger partial charge in [0.1, 0.15) is 5.82 Å². The molecule has 0 fully saturated rings. The molecule has 0 heterocycles. The highest BCUT2D eigenvalue weighted by atomic mass is 35.5. The molecule has 0 saturated heterocycles. The second-order valence-corrected chi connectivity index (χ2v) is 4.83. The van der Waals surface area contributed by atoms with Crippen molar-refractivity contribution < 1.29 is 9.18 Å². The molecule has 102 valence electrons. The highest BCUT2D eigenvalue weighted by Gasteiger charge is 2.13. The average Bonchev–Trinajstić information content (AvgIpc) is 2.30. The van der Waals surface area contributed by atoms with Crippen molar-refractivity contribution in [2.75, 3.05) is 17.3 Å². The Kier molecular flexibility index (Phi) is 7.98. The quantitative estimate of drug-likeness (QED) is 0.877. The van der Waals surface area contributed by atoms with Crippen LogP contribution >= 0.6 is 24.2 Å². The van der Waals surface area contributed by atoms with Gasteiger partial charge in [-0.3, -0.25) is 4.79 Å². The predicted octanol–water partition coefficient (Wildman–Crippen LogP) is 2.57. The van der Waals surface area contributed by atoms with Crippen LogP contribution in [0.15, 0.2) is 18.2 Å². The average molecular weight is 293 g/mol. The number of hydrogen-bond donors (Lipinski definition) is 2. The summed E-state index contributed by atoms with van der Waals surface area (Å²) in [5, 5.41) is 2.61. The van der Waals surface area contributed by atoms with Gasteiger partial charge in [-0.25, -0.2) is 4.39 Å². The molecule has 0 bridgehead atoms. The first-order chi connectivity index (χ1) is 8.04. The van der Waals surface area contributed by atoms with Crippen LogP contribution < -0.4 is 11.1 Å². The van der Waals surface area contributed by atoms with Crippen LogP contribution in [0.1, 0.15) is 12.0 Å². The number of halogens is 2. The van der Waals surface area contributed by atoms with Crippen LogP contribution in [0.5, 0.6) is 0 Å². The summed E-state index contributed by atoms with van der Waals surface area (Å²) in [5.41, 5.74) is 6.69. The number of anilines is 1. The van der Waals surface area contributed by atoms with Crippen molar-refractivity contribution in [3.63, 3.8) is 0 Å². The lowest BCUT2D eigenvalue weighted by molar-refractivity contribution is -0.117. The number of nitrogens with one attached hydrogen (secondary N) is 1. The number of carbonyl (C=O) groups excluding carboxylic acids is 1. The van der Waals surface area contributed by atoms with Crippen LogP contribution in [-0.4, -0.2) is 24.0 Å². The Hall–Kier alpha value is -0.780. The zero-order chi connectivity index (χ0) is 12.8. The minimum Gasteiger partial charge on any atom is -0.325 e. The largest absolute Gasteiger partial charge is 0.325 e. The first-order valence-corrected chi connectivity index (χ1v) is 6.75. The number of nitrogens with two attached hydrogens (primary N) is 1. The normalized spacial score (nSPS) is 11.6. The SMILES string of the molecule is CSCCC(N)C(=O)Nc1ccc(C)c(F)c1.Cl. The minimum absolute atomic E-state index is 0. The van der Waals surface area contributed by atoms with E-state index in [4.69, 9.17) is 5.73 Å². The van der Waals surface area contributed by atoms with Gasteiger partial charge in [0.25, 0.3) is 0 Å². The fourth-order valence-electron chi connectivity index (χ4n) is 1.28. The van der Waals surface area contributed by atoms with Crippen molar-refractivity contribution in [2.24, 2.45) is 5.73 Å². The molecule has 6 heteroatoms. The maximum absolute atomic E-state index is 13.2. The summed E-state index contributed by atoms with van der Waals surface area (Å²) < 4.78 is 13.2. The molecule has 0 aliphatic carbocycles. The third-order valence-corrected chi connectivity index (χ3v) is 3.05. The highest BCUT2D eigenvalue weighted by Crippen LogP contribution is 2.14. The summed E-state index contributed by atoms with van der Waals surface area (Å²) in [6.07, 6.45) is 2.57. The number of aryl methyl sites for hydroxylation is 1. The fourth-order valence-corrected chi connectivity index (χ4v) is 1.77. The zero-order valence-corrected chi connectivity index (χ0v) is 12.0. The molecule has 3 nitrogen and oxygen atoms in total. The van der Waals surface area contributed by atoms with Crippen molar-refractivity contribution in [1.82, 2.24) is 0 Å². The van der Waals surface area contributed by atoms with E-state index in [1.54, 1.807) is 30.8 Å². The van der Waals surface area contributed by atoms with Crippen LogP contribution in [-0.2, 0) is 4.79 Å². The number of rotatable bonds is 5. The van der Waals surface area contributed by atoms with Gasteiger partial charge < -0.3 is 11.1 Å². The smallest absolute Gasteiger partial charge is 0.241 e. The molecule has 1 aromatic carbocycles. The molecule has 1 unspecified atom stereocenters. The van der Waals surface area contributed by atoms with Gasteiger partial charge in [-0.2, -0.15) is 11.8 Å². The van der Waals surface area contributed by atoms with Gasteiger partial charge >= 0.3 is 0 Å². The molecular formula is C12H18ClFN2OS. The summed E-state index contributed by atoms with van der Waals surface area (Å²) in [6.45, 7) is 1.67. The van der Waals surface area contributed by atoms with Crippen LogP contribution in [0, 0.1) is 12.7 Å². The first-order valence-electron chi connectivity index (χ1n) is 5.36. The topological polar surface area (TPSA) is 55.1 Å². The monoisotopic (exact) mass is 292 g/mol. The van der Waals surface area contributed by atoms with Crippen molar-refractivity contribution in [3.05, 3.63) is 29.6 Å². The summed E-state index contributed by atoms with van der Waals surface area (Å²) in [6, 6.07) is 4.04. The van der Waals surface area contributed by atoms with Gasteiger partial charge in [-0.1, -0.05) is 6.07 Å². The van der Waals surface area contributed by atoms with E-state index < -0.39 is 6.04 Å². The number of amides is 1. The Bertz CT molecular complexity index is 404. The standard InChI is InChI=1S/C12H17FN2OS.ClH/c1-8-3-4-9(7-10(8)13)15-12(16)11(14)5-6-17-2;/h3-4,7,11H,5-6,14H2,1-2H3,(H,15,16);1H. The summed E-state index contributed by atoms with van der Waals surface area (Å²) in [5.74, 6) is 0.222. The molecule has 1 amide bonds. The second kappa shape index (κ2) is 8.34. The second-order valence-electron chi connectivity index (χ2n) is 3.84. The van der Waals surface area contributed by atoms with E-state index in [0.29, 0.717) is 17.7 Å². The van der Waals surface area contributed by atoms with E-state index in [-0.39, 0.29) is 24.1 Å². The van der Waals surface area contributed by atoms with Crippen molar-refractivity contribution in [3.8, 4) is 0 Å². The maximum atomic E-state index is 13.2. The van der Waals surface area contributed by atoms with Crippen LogP contribution in [0.4, 0.5) is 10.1 Å². The molecule has 0 aliphatic rings. The molecule has 0 radical (unpaired) electrons. The van der Waals surface area contributed by atoms with Crippen molar-refractivity contribution >= 4 is 35.8 Å². The Morgan fingerprint density at radius 3 is 2.78 bits per heavy atom. The zero-order valence-electron chi connectivity index (χ0n) is 10.4. The van der Waals surface area contributed by atoms with Crippen molar-refractivity contribution in [1.29, 1.82) is 0 Å². The van der Waals surface area contributed by atoms with Gasteiger partial charge in [-0.15, -0.1) is 12.4 Å². The van der Waals surface area contributed by atoms with E-state index in [1.807, 2.05) is 6.26 Å². The molecule has 0 saturated carbocycles. The van der Waals surface area contributed by atoms with Gasteiger partial charge in [0.2, 0.25) is 5.91 Å². The molecule has 0 spiro atoms. The molecular weight excluding hydrogens is 275 g/mol.